The number of hydrogen-bond donors (Lipinski definition) is 1. The third-order valence-corrected chi connectivity index (χ3v) is 3.88. The number of nitrogens with one attached hydrogen (secondary N) is 1. The van der Waals surface area contributed by atoms with Gasteiger partial charge in [0.25, 0.3) is 0 Å². The van der Waals surface area contributed by atoms with Gasteiger partial charge >= 0.3 is 0 Å². The van der Waals surface area contributed by atoms with Crippen molar-refractivity contribution in [1.82, 2.24) is 20.0 Å². The highest BCUT2D eigenvalue weighted by Crippen LogP contribution is 2.18. The van der Waals surface area contributed by atoms with Crippen molar-refractivity contribution in [3.05, 3.63) is 16.9 Å². The molecule has 1 aromatic rings. The van der Waals surface area contributed by atoms with Crippen LogP contribution >= 0.6 is 11.6 Å². The summed E-state index contributed by atoms with van der Waals surface area (Å²) in [6.07, 6.45) is 6.21. The summed E-state index contributed by atoms with van der Waals surface area (Å²) >= 11 is 6.27. The fourth-order valence-electron chi connectivity index (χ4n) is 2.23. The first kappa shape index (κ1) is 17.5. The largest absolute Gasteiger partial charge is 0.314 e. The van der Waals surface area contributed by atoms with Crippen molar-refractivity contribution in [2.75, 3.05) is 27.2 Å². The number of aromatic nitrogens is 2. The third-order valence-electron chi connectivity index (χ3n) is 3.56. The number of likely N-dealkylation sites (N-methyl/N-ethyl adjacent to an activating group) is 1. The molecule has 1 rings (SSSR count). The summed E-state index contributed by atoms with van der Waals surface area (Å²) in [5, 5.41) is 8.78. The van der Waals surface area contributed by atoms with Crippen molar-refractivity contribution < 1.29 is 0 Å². The first-order valence-corrected chi connectivity index (χ1v) is 8.04. The lowest BCUT2D eigenvalue weighted by Crippen LogP contribution is -2.30. The Hall–Kier alpha value is -0.580. The molecule has 0 aliphatic rings. The lowest BCUT2D eigenvalue weighted by Gasteiger charge is -2.17. The molecule has 4 nitrogen and oxygen atoms in total. The highest BCUT2D eigenvalue weighted by atomic mass is 35.5. The topological polar surface area (TPSA) is 33.1 Å². The monoisotopic (exact) mass is 300 g/mol. The Kier molecular flexibility index (Phi) is 8.19. The standard InChI is InChI=1S/C15H29ClN4/c1-5-9-17-13(6-2)7-8-15-14(16)12-18-20(15)11-10-19(3)4/h12-13,17H,5-11H2,1-4H3. The molecule has 5 heteroatoms. The van der Waals surface area contributed by atoms with E-state index in [1.165, 1.54) is 12.1 Å². The maximum Gasteiger partial charge on any atom is 0.0817 e. The lowest BCUT2D eigenvalue weighted by molar-refractivity contribution is 0.367. The Morgan fingerprint density at radius 2 is 2.15 bits per heavy atom. The van der Waals surface area contributed by atoms with Crippen LogP contribution in [0.15, 0.2) is 6.20 Å². The minimum atomic E-state index is 0.572. The number of halogens is 1. The second kappa shape index (κ2) is 9.37. The van der Waals surface area contributed by atoms with Gasteiger partial charge in [0.1, 0.15) is 0 Å². The van der Waals surface area contributed by atoms with Crippen molar-refractivity contribution in [2.45, 2.75) is 52.1 Å². The van der Waals surface area contributed by atoms with Gasteiger partial charge in [0.05, 0.1) is 23.5 Å². The van der Waals surface area contributed by atoms with Crippen molar-refractivity contribution >= 4 is 11.6 Å². The normalized spacial score (nSPS) is 13.1. The van der Waals surface area contributed by atoms with Crippen LogP contribution in [0.2, 0.25) is 5.02 Å². The molecule has 116 valence electrons. The predicted octanol–water partition coefficient (Wildman–Crippen LogP) is 2.81. The van der Waals surface area contributed by atoms with Gasteiger partial charge in [-0.3, -0.25) is 4.68 Å². The molecular weight excluding hydrogens is 272 g/mol. The highest BCUT2D eigenvalue weighted by Gasteiger charge is 2.12. The van der Waals surface area contributed by atoms with Crippen LogP contribution in [-0.2, 0) is 13.0 Å². The molecule has 0 amide bonds. The fraction of sp³-hybridized carbons (Fsp3) is 0.800. The van der Waals surface area contributed by atoms with Crippen molar-refractivity contribution in [3.8, 4) is 0 Å². The van der Waals surface area contributed by atoms with E-state index in [9.17, 15) is 0 Å². The zero-order chi connectivity index (χ0) is 15.0. The van der Waals surface area contributed by atoms with Gasteiger partial charge in [-0.15, -0.1) is 0 Å². The van der Waals surface area contributed by atoms with Crippen molar-refractivity contribution in [3.63, 3.8) is 0 Å². The summed E-state index contributed by atoms with van der Waals surface area (Å²) in [5.74, 6) is 0. The first-order chi connectivity index (χ1) is 9.58. The summed E-state index contributed by atoms with van der Waals surface area (Å²) in [6.45, 7) is 7.40. The summed E-state index contributed by atoms with van der Waals surface area (Å²) in [4.78, 5) is 2.16. The fourth-order valence-corrected chi connectivity index (χ4v) is 2.47. The van der Waals surface area contributed by atoms with E-state index in [1.807, 2.05) is 0 Å². The van der Waals surface area contributed by atoms with E-state index in [1.54, 1.807) is 6.20 Å². The molecule has 1 atom stereocenters. The Balaban J connectivity index is 2.55. The SMILES string of the molecule is CCCNC(CC)CCc1c(Cl)cnn1CCN(C)C. The van der Waals surface area contributed by atoms with Gasteiger partial charge in [0, 0.05) is 12.6 Å². The van der Waals surface area contributed by atoms with Crippen LogP contribution in [0.25, 0.3) is 0 Å². The average molecular weight is 301 g/mol. The van der Waals surface area contributed by atoms with Crippen LogP contribution in [0.1, 0.15) is 38.8 Å². The van der Waals surface area contributed by atoms with Crippen molar-refractivity contribution in [2.24, 2.45) is 0 Å². The van der Waals surface area contributed by atoms with Gasteiger partial charge in [-0.25, -0.2) is 0 Å². The van der Waals surface area contributed by atoms with Gasteiger partial charge in [-0.1, -0.05) is 25.4 Å². The average Bonchev–Trinajstić information content (AvgIpc) is 2.77. The second-order valence-electron chi connectivity index (χ2n) is 5.56. The zero-order valence-corrected chi connectivity index (χ0v) is 14.1. The van der Waals surface area contributed by atoms with Gasteiger partial charge in [0.2, 0.25) is 0 Å². The molecule has 1 unspecified atom stereocenters. The molecule has 0 spiro atoms. The maximum atomic E-state index is 6.27. The van der Waals surface area contributed by atoms with Crippen LogP contribution in [0, 0.1) is 0 Å². The van der Waals surface area contributed by atoms with E-state index in [-0.39, 0.29) is 0 Å². The Labute approximate surface area is 128 Å². The highest BCUT2D eigenvalue weighted by molar-refractivity contribution is 6.31. The van der Waals surface area contributed by atoms with Crippen LogP contribution < -0.4 is 5.32 Å². The molecule has 0 aromatic carbocycles. The van der Waals surface area contributed by atoms with Gasteiger partial charge in [0.15, 0.2) is 0 Å². The Bertz CT molecular complexity index is 376. The van der Waals surface area contributed by atoms with Gasteiger partial charge in [-0.05, 0) is 46.3 Å². The molecule has 1 aromatic heterocycles. The molecule has 0 aliphatic carbocycles. The number of nitrogens with zero attached hydrogens (tertiary/aromatic N) is 3. The Morgan fingerprint density at radius 3 is 2.75 bits per heavy atom. The van der Waals surface area contributed by atoms with E-state index < -0.39 is 0 Å². The van der Waals surface area contributed by atoms with E-state index in [0.717, 1.165) is 43.9 Å². The third kappa shape index (κ3) is 5.81. The molecule has 1 N–H and O–H groups in total. The summed E-state index contributed by atoms with van der Waals surface area (Å²) in [7, 11) is 4.15. The van der Waals surface area contributed by atoms with Gasteiger partial charge < -0.3 is 10.2 Å². The Morgan fingerprint density at radius 1 is 1.40 bits per heavy atom. The quantitative estimate of drug-likeness (QED) is 0.721. The molecular formula is C15H29ClN4. The minimum Gasteiger partial charge on any atom is -0.314 e. The lowest BCUT2D eigenvalue weighted by atomic mass is 10.1. The molecule has 0 radical (unpaired) electrons. The molecule has 0 bridgehead atoms. The van der Waals surface area contributed by atoms with E-state index in [4.69, 9.17) is 11.6 Å². The summed E-state index contributed by atoms with van der Waals surface area (Å²) in [5.41, 5.74) is 1.17. The van der Waals surface area contributed by atoms with E-state index in [2.05, 4.69) is 47.9 Å². The molecule has 20 heavy (non-hydrogen) atoms. The smallest absolute Gasteiger partial charge is 0.0817 e. The second-order valence-corrected chi connectivity index (χ2v) is 5.97. The van der Waals surface area contributed by atoms with E-state index in [0.29, 0.717) is 6.04 Å². The van der Waals surface area contributed by atoms with Crippen LogP contribution in [0.3, 0.4) is 0 Å². The van der Waals surface area contributed by atoms with E-state index >= 15 is 0 Å². The minimum absolute atomic E-state index is 0.572. The molecule has 0 aliphatic heterocycles. The predicted molar refractivity (Wildman–Crippen MR) is 86.5 cm³/mol. The van der Waals surface area contributed by atoms with Crippen LogP contribution in [0.5, 0.6) is 0 Å². The molecule has 0 saturated carbocycles. The van der Waals surface area contributed by atoms with Crippen LogP contribution in [0.4, 0.5) is 0 Å². The molecule has 0 saturated heterocycles. The first-order valence-electron chi connectivity index (χ1n) is 7.66. The molecule has 1 heterocycles. The summed E-state index contributed by atoms with van der Waals surface area (Å²) < 4.78 is 2.05. The molecule has 0 fully saturated rings. The van der Waals surface area contributed by atoms with Gasteiger partial charge in [-0.2, -0.15) is 5.10 Å². The zero-order valence-electron chi connectivity index (χ0n) is 13.3. The number of hydrogen-bond acceptors (Lipinski definition) is 3. The summed E-state index contributed by atoms with van der Waals surface area (Å²) in [6, 6.07) is 0.572. The van der Waals surface area contributed by atoms with Crippen molar-refractivity contribution in [1.29, 1.82) is 0 Å². The maximum absolute atomic E-state index is 6.27. The number of rotatable bonds is 10. The van der Waals surface area contributed by atoms with Crippen LogP contribution in [-0.4, -0.2) is 47.9 Å².